The van der Waals surface area contributed by atoms with Crippen molar-refractivity contribution in [3.63, 3.8) is 0 Å². The van der Waals surface area contributed by atoms with Crippen LogP contribution in [0.4, 0.5) is 0 Å². The number of rotatable bonds is 10. The van der Waals surface area contributed by atoms with Crippen molar-refractivity contribution in [2.45, 2.75) is 31.0 Å². The van der Waals surface area contributed by atoms with Crippen LogP contribution in [0.25, 0.3) is 0 Å². The molecule has 0 aliphatic heterocycles. The Morgan fingerprint density at radius 3 is 2.35 bits per heavy atom. The van der Waals surface area contributed by atoms with Gasteiger partial charge in [-0.3, -0.25) is 4.18 Å². The molecule has 0 amide bonds. The van der Waals surface area contributed by atoms with E-state index in [9.17, 15) is 18.6 Å². The molecule has 1 aromatic rings. The Balaban J connectivity index is 2.68. The molecule has 0 radical (unpaired) electrons. The normalized spacial score (nSPS) is 17.4. The van der Waals surface area contributed by atoms with E-state index in [1.165, 1.54) is 0 Å². The standard InChI is InChI=1S/C14H23NO7S/c1-23(19,20)22-9-12(17)13(18)14(11(15)7-16)21-8-10-5-3-2-4-6-10/h2-6,11-14,16-18H,7-9,15H2,1H3/t11-,12+,13-,14+/m0/s1. The van der Waals surface area contributed by atoms with Crippen LogP contribution in [0.15, 0.2) is 30.3 Å². The first kappa shape index (κ1) is 20.0. The second-order valence-electron chi connectivity index (χ2n) is 5.15. The van der Waals surface area contributed by atoms with E-state index < -0.39 is 47.7 Å². The van der Waals surface area contributed by atoms with E-state index in [0.717, 1.165) is 11.8 Å². The van der Waals surface area contributed by atoms with E-state index in [2.05, 4.69) is 4.18 Å². The fourth-order valence-electron chi connectivity index (χ4n) is 1.86. The summed E-state index contributed by atoms with van der Waals surface area (Å²) < 4.78 is 31.8. The average molecular weight is 349 g/mol. The highest BCUT2D eigenvalue weighted by atomic mass is 32.2. The van der Waals surface area contributed by atoms with Gasteiger partial charge in [0.15, 0.2) is 0 Å². The molecule has 8 nitrogen and oxygen atoms in total. The lowest BCUT2D eigenvalue weighted by molar-refractivity contribution is -0.116. The minimum atomic E-state index is -3.75. The smallest absolute Gasteiger partial charge is 0.264 e. The number of benzene rings is 1. The highest BCUT2D eigenvalue weighted by Gasteiger charge is 2.32. The summed E-state index contributed by atoms with van der Waals surface area (Å²) in [5.74, 6) is 0. The van der Waals surface area contributed by atoms with Crippen LogP contribution in [0.5, 0.6) is 0 Å². The number of aliphatic hydroxyl groups is 3. The van der Waals surface area contributed by atoms with E-state index in [-0.39, 0.29) is 6.61 Å². The van der Waals surface area contributed by atoms with Crippen LogP contribution in [0.2, 0.25) is 0 Å². The third-order valence-electron chi connectivity index (χ3n) is 3.10. The molecule has 23 heavy (non-hydrogen) atoms. The van der Waals surface area contributed by atoms with Crippen LogP contribution in [-0.2, 0) is 25.6 Å². The molecule has 0 saturated heterocycles. The maximum absolute atomic E-state index is 10.9. The second-order valence-corrected chi connectivity index (χ2v) is 6.80. The zero-order chi connectivity index (χ0) is 17.5. The molecule has 0 unspecified atom stereocenters. The number of hydrogen-bond donors (Lipinski definition) is 4. The molecule has 0 aromatic heterocycles. The zero-order valence-electron chi connectivity index (χ0n) is 12.8. The summed E-state index contributed by atoms with van der Waals surface area (Å²) in [6.45, 7) is -1.00. The van der Waals surface area contributed by atoms with Gasteiger partial charge in [0.2, 0.25) is 0 Å². The van der Waals surface area contributed by atoms with Gasteiger partial charge in [-0.2, -0.15) is 8.42 Å². The lowest BCUT2D eigenvalue weighted by Gasteiger charge is -2.30. The van der Waals surface area contributed by atoms with Crippen LogP contribution < -0.4 is 5.73 Å². The van der Waals surface area contributed by atoms with Gasteiger partial charge in [-0.25, -0.2) is 0 Å². The van der Waals surface area contributed by atoms with Crippen molar-refractivity contribution in [1.82, 2.24) is 0 Å². The summed E-state index contributed by atoms with van der Waals surface area (Å²) in [7, 11) is -3.75. The predicted molar refractivity (Wildman–Crippen MR) is 82.9 cm³/mol. The van der Waals surface area contributed by atoms with Crippen molar-refractivity contribution in [2.75, 3.05) is 19.5 Å². The summed E-state index contributed by atoms with van der Waals surface area (Å²) in [4.78, 5) is 0. The van der Waals surface area contributed by atoms with Crippen LogP contribution in [0, 0.1) is 0 Å². The first-order valence-electron chi connectivity index (χ1n) is 6.97. The molecule has 0 aliphatic carbocycles. The minimum absolute atomic E-state index is 0.107. The van der Waals surface area contributed by atoms with Gasteiger partial charge >= 0.3 is 0 Å². The fourth-order valence-corrected chi connectivity index (χ4v) is 2.24. The fraction of sp³-hybridized carbons (Fsp3) is 0.571. The SMILES string of the molecule is CS(=O)(=O)OC[C@@H](O)[C@H](O)[C@H](OCc1ccccc1)[C@@H](N)CO. The Kier molecular flexibility index (Phi) is 8.06. The van der Waals surface area contributed by atoms with Crippen molar-refractivity contribution >= 4 is 10.1 Å². The van der Waals surface area contributed by atoms with Crippen LogP contribution in [-0.4, -0.2) is 67.6 Å². The lowest BCUT2D eigenvalue weighted by Crippen LogP contribution is -2.52. The van der Waals surface area contributed by atoms with Gasteiger partial charge in [0.05, 0.1) is 32.1 Å². The Morgan fingerprint density at radius 2 is 1.83 bits per heavy atom. The quantitative estimate of drug-likeness (QED) is 0.378. The molecule has 0 bridgehead atoms. The van der Waals surface area contributed by atoms with Crippen molar-refractivity contribution in [3.05, 3.63) is 35.9 Å². The molecule has 0 fully saturated rings. The Labute approximate surface area is 135 Å². The molecular weight excluding hydrogens is 326 g/mol. The molecular formula is C14H23NO7S. The topological polar surface area (TPSA) is 139 Å². The van der Waals surface area contributed by atoms with Crippen molar-refractivity contribution in [1.29, 1.82) is 0 Å². The summed E-state index contributed by atoms with van der Waals surface area (Å²) in [6.07, 6.45) is -3.33. The highest BCUT2D eigenvalue weighted by molar-refractivity contribution is 7.85. The molecule has 0 saturated carbocycles. The zero-order valence-corrected chi connectivity index (χ0v) is 13.6. The summed E-state index contributed by atoms with van der Waals surface area (Å²) in [5, 5.41) is 29.1. The summed E-state index contributed by atoms with van der Waals surface area (Å²) in [6, 6.07) is 8.10. The number of aliphatic hydroxyl groups excluding tert-OH is 3. The van der Waals surface area contributed by atoms with Gasteiger partial charge in [0.1, 0.15) is 18.3 Å². The van der Waals surface area contributed by atoms with Gasteiger partial charge in [-0.1, -0.05) is 30.3 Å². The van der Waals surface area contributed by atoms with E-state index in [1.807, 2.05) is 18.2 Å². The van der Waals surface area contributed by atoms with Crippen molar-refractivity contribution in [2.24, 2.45) is 5.73 Å². The third-order valence-corrected chi connectivity index (χ3v) is 3.67. The Hall–Kier alpha value is -1.07. The summed E-state index contributed by atoms with van der Waals surface area (Å²) in [5.41, 5.74) is 6.51. The molecule has 4 atom stereocenters. The molecule has 0 spiro atoms. The minimum Gasteiger partial charge on any atom is -0.395 e. The van der Waals surface area contributed by atoms with Crippen LogP contribution >= 0.6 is 0 Å². The van der Waals surface area contributed by atoms with Gasteiger partial charge in [-0.05, 0) is 5.56 Å². The van der Waals surface area contributed by atoms with Gasteiger partial charge in [0, 0.05) is 0 Å². The molecule has 0 aliphatic rings. The number of nitrogens with two attached hydrogens (primary N) is 1. The lowest BCUT2D eigenvalue weighted by atomic mass is 10.0. The predicted octanol–water partition coefficient (Wildman–Crippen LogP) is -1.41. The maximum Gasteiger partial charge on any atom is 0.264 e. The molecule has 1 aromatic carbocycles. The third kappa shape index (κ3) is 7.36. The first-order valence-corrected chi connectivity index (χ1v) is 8.78. The second kappa shape index (κ2) is 9.28. The van der Waals surface area contributed by atoms with Crippen LogP contribution in [0.1, 0.15) is 5.56 Å². The van der Waals surface area contributed by atoms with E-state index in [0.29, 0.717) is 0 Å². The van der Waals surface area contributed by atoms with Crippen molar-refractivity contribution < 1.29 is 32.7 Å². The monoisotopic (exact) mass is 349 g/mol. The molecule has 5 N–H and O–H groups in total. The number of hydrogen-bond acceptors (Lipinski definition) is 8. The molecule has 9 heteroatoms. The molecule has 0 heterocycles. The van der Waals surface area contributed by atoms with E-state index in [1.54, 1.807) is 12.1 Å². The Morgan fingerprint density at radius 1 is 1.22 bits per heavy atom. The first-order chi connectivity index (χ1) is 10.7. The van der Waals surface area contributed by atoms with E-state index in [4.69, 9.17) is 15.6 Å². The summed E-state index contributed by atoms with van der Waals surface area (Å²) >= 11 is 0. The Bertz CT molecular complexity index is 552. The van der Waals surface area contributed by atoms with Crippen LogP contribution in [0.3, 0.4) is 0 Å². The average Bonchev–Trinajstić information content (AvgIpc) is 2.52. The van der Waals surface area contributed by atoms with Gasteiger partial charge in [-0.15, -0.1) is 0 Å². The molecule has 1 rings (SSSR count). The van der Waals surface area contributed by atoms with Gasteiger partial charge in [0.25, 0.3) is 10.1 Å². The van der Waals surface area contributed by atoms with E-state index >= 15 is 0 Å². The van der Waals surface area contributed by atoms with Crippen molar-refractivity contribution in [3.8, 4) is 0 Å². The number of ether oxygens (including phenoxy) is 1. The largest absolute Gasteiger partial charge is 0.395 e. The maximum atomic E-state index is 10.9. The van der Waals surface area contributed by atoms with Gasteiger partial charge < -0.3 is 25.8 Å². The highest BCUT2D eigenvalue weighted by Crippen LogP contribution is 2.12. The molecule has 132 valence electrons.